The van der Waals surface area contributed by atoms with Gasteiger partial charge in [-0.2, -0.15) is 4.98 Å². The standard InChI is InChI=1S/C20H24N4O4/c1-3-16-22-17(28-23-16)13-7-6-12(2)15(9-13)21-19(27)24-10-14-5-4-8-20(14,11-24)18(25)26/h6-7,9,14H,3-5,8,10-11H2,1-2H3,(H,21,27)(H,25,26)/t14-,20+/m0/s1. The third-order valence-corrected chi connectivity index (χ3v) is 6.09. The highest BCUT2D eigenvalue weighted by atomic mass is 16.5. The van der Waals surface area contributed by atoms with Crippen molar-refractivity contribution < 1.29 is 19.2 Å². The lowest BCUT2D eigenvalue weighted by Crippen LogP contribution is -2.38. The molecule has 1 aliphatic heterocycles. The minimum absolute atomic E-state index is 0.0361. The summed E-state index contributed by atoms with van der Waals surface area (Å²) in [6.45, 7) is 4.61. The molecule has 2 atom stereocenters. The smallest absolute Gasteiger partial charge is 0.321 e. The number of aromatic nitrogens is 2. The molecular formula is C20H24N4O4. The van der Waals surface area contributed by atoms with Crippen LogP contribution in [0.5, 0.6) is 0 Å². The van der Waals surface area contributed by atoms with Crippen molar-refractivity contribution in [1.82, 2.24) is 15.0 Å². The predicted octanol–water partition coefficient (Wildman–Crippen LogP) is 3.33. The molecule has 2 aliphatic rings. The zero-order chi connectivity index (χ0) is 19.9. The lowest BCUT2D eigenvalue weighted by molar-refractivity contribution is -0.149. The number of fused-ring (bicyclic) bond motifs is 1. The first-order valence-electron chi connectivity index (χ1n) is 9.66. The maximum Gasteiger partial charge on any atom is 0.321 e. The minimum atomic E-state index is -0.786. The van der Waals surface area contributed by atoms with E-state index in [0.29, 0.717) is 36.8 Å². The van der Waals surface area contributed by atoms with Crippen LogP contribution in [0, 0.1) is 18.3 Å². The van der Waals surface area contributed by atoms with Gasteiger partial charge in [-0.3, -0.25) is 4.79 Å². The van der Waals surface area contributed by atoms with E-state index in [0.717, 1.165) is 24.0 Å². The summed E-state index contributed by atoms with van der Waals surface area (Å²) in [6.07, 6.45) is 3.10. The van der Waals surface area contributed by atoms with Gasteiger partial charge in [-0.25, -0.2) is 4.79 Å². The molecule has 148 valence electrons. The molecule has 1 aromatic heterocycles. The molecule has 0 spiro atoms. The van der Waals surface area contributed by atoms with E-state index in [2.05, 4.69) is 15.5 Å². The van der Waals surface area contributed by atoms with Crippen molar-refractivity contribution in [2.45, 2.75) is 39.5 Å². The van der Waals surface area contributed by atoms with E-state index in [4.69, 9.17) is 4.52 Å². The number of likely N-dealkylation sites (tertiary alicyclic amines) is 1. The van der Waals surface area contributed by atoms with E-state index in [-0.39, 0.29) is 18.5 Å². The molecule has 0 bridgehead atoms. The Hall–Kier alpha value is -2.90. The third-order valence-electron chi connectivity index (χ3n) is 6.09. The molecule has 1 saturated carbocycles. The summed E-state index contributed by atoms with van der Waals surface area (Å²) in [4.78, 5) is 30.6. The van der Waals surface area contributed by atoms with Crippen molar-refractivity contribution in [2.75, 3.05) is 18.4 Å². The molecule has 2 amide bonds. The first-order chi connectivity index (χ1) is 13.4. The van der Waals surface area contributed by atoms with E-state index >= 15 is 0 Å². The monoisotopic (exact) mass is 384 g/mol. The second kappa shape index (κ2) is 6.92. The number of hydrogen-bond donors (Lipinski definition) is 2. The lowest BCUT2D eigenvalue weighted by atomic mass is 9.81. The Labute approximate surface area is 162 Å². The molecule has 8 heteroatoms. The molecule has 2 N–H and O–H groups in total. The van der Waals surface area contributed by atoms with Crippen LogP contribution in [0.25, 0.3) is 11.5 Å². The molecule has 0 unspecified atom stereocenters. The van der Waals surface area contributed by atoms with E-state index < -0.39 is 11.4 Å². The fourth-order valence-electron chi connectivity index (χ4n) is 4.39. The molecule has 2 fully saturated rings. The quantitative estimate of drug-likeness (QED) is 0.837. The Morgan fingerprint density at radius 2 is 2.25 bits per heavy atom. The summed E-state index contributed by atoms with van der Waals surface area (Å²) in [7, 11) is 0. The molecule has 4 rings (SSSR count). The number of carbonyl (C=O) groups is 2. The molecule has 1 aromatic carbocycles. The molecular weight excluding hydrogens is 360 g/mol. The van der Waals surface area contributed by atoms with Crippen LogP contribution in [0.4, 0.5) is 10.5 Å². The fourth-order valence-corrected chi connectivity index (χ4v) is 4.39. The van der Waals surface area contributed by atoms with Gasteiger partial charge in [0.15, 0.2) is 5.82 Å². The number of aliphatic carboxylic acids is 1. The van der Waals surface area contributed by atoms with Crippen molar-refractivity contribution in [3.63, 3.8) is 0 Å². The van der Waals surface area contributed by atoms with Crippen LogP contribution in [-0.2, 0) is 11.2 Å². The first kappa shape index (κ1) is 18.5. The van der Waals surface area contributed by atoms with Gasteiger partial charge in [0.05, 0.1) is 5.41 Å². The van der Waals surface area contributed by atoms with Gasteiger partial charge < -0.3 is 19.8 Å². The minimum Gasteiger partial charge on any atom is -0.481 e. The Balaban J connectivity index is 1.52. The van der Waals surface area contributed by atoms with Gasteiger partial charge in [0, 0.05) is 30.8 Å². The van der Waals surface area contributed by atoms with Gasteiger partial charge in [-0.05, 0) is 43.4 Å². The average Bonchev–Trinajstić information content (AvgIpc) is 3.37. The van der Waals surface area contributed by atoms with Crippen LogP contribution in [0.1, 0.15) is 37.6 Å². The van der Waals surface area contributed by atoms with E-state index in [9.17, 15) is 14.7 Å². The first-order valence-corrected chi connectivity index (χ1v) is 9.66. The molecule has 1 saturated heterocycles. The molecule has 2 heterocycles. The normalized spacial score (nSPS) is 23.6. The number of nitrogens with one attached hydrogen (secondary N) is 1. The topological polar surface area (TPSA) is 109 Å². The zero-order valence-corrected chi connectivity index (χ0v) is 16.1. The number of urea groups is 1. The summed E-state index contributed by atoms with van der Waals surface area (Å²) in [5.41, 5.74) is 1.50. The molecule has 2 aromatic rings. The highest BCUT2D eigenvalue weighted by Crippen LogP contribution is 2.49. The van der Waals surface area contributed by atoms with Crippen LogP contribution in [0.3, 0.4) is 0 Å². The largest absolute Gasteiger partial charge is 0.481 e. The van der Waals surface area contributed by atoms with Gasteiger partial charge in [0.1, 0.15) is 0 Å². The SMILES string of the molecule is CCc1noc(-c2ccc(C)c(NC(=O)N3C[C@@H]4CCC[C@@]4(C(=O)O)C3)c2)n1. The Bertz CT molecular complexity index is 925. The summed E-state index contributed by atoms with van der Waals surface area (Å²) >= 11 is 0. The fraction of sp³-hybridized carbons (Fsp3) is 0.500. The Morgan fingerprint density at radius 3 is 2.93 bits per heavy atom. The zero-order valence-electron chi connectivity index (χ0n) is 16.1. The molecule has 8 nitrogen and oxygen atoms in total. The highest BCUT2D eigenvalue weighted by Gasteiger charge is 2.55. The number of hydrogen-bond acceptors (Lipinski definition) is 5. The van der Waals surface area contributed by atoms with Crippen LogP contribution in [0.2, 0.25) is 0 Å². The van der Waals surface area contributed by atoms with Gasteiger partial charge >= 0.3 is 12.0 Å². The third kappa shape index (κ3) is 3.02. The summed E-state index contributed by atoms with van der Waals surface area (Å²) in [5.74, 6) is 0.289. The summed E-state index contributed by atoms with van der Waals surface area (Å²) < 4.78 is 5.28. The maximum atomic E-state index is 12.8. The number of carboxylic acid groups (broad SMARTS) is 1. The van der Waals surface area contributed by atoms with Crippen molar-refractivity contribution in [3.05, 3.63) is 29.6 Å². The van der Waals surface area contributed by atoms with Crippen molar-refractivity contribution in [2.24, 2.45) is 11.3 Å². The van der Waals surface area contributed by atoms with E-state index in [1.165, 1.54) is 0 Å². The second-order valence-electron chi connectivity index (χ2n) is 7.76. The van der Waals surface area contributed by atoms with Crippen LogP contribution in [-0.4, -0.2) is 45.2 Å². The number of anilines is 1. The van der Waals surface area contributed by atoms with Crippen molar-refractivity contribution >= 4 is 17.7 Å². The number of nitrogens with zero attached hydrogens (tertiary/aromatic N) is 3. The van der Waals surface area contributed by atoms with Crippen LogP contribution >= 0.6 is 0 Å². The molecule has 28 heavy (non-hydrogen) atoms. The highest BCUT2D eigenvalue weighted by molar-refractivity contribution is 5.92. The number of amides is 2. The van der Waals surface area contributed by atoms with Crippen molar-refractivity contribution in [1.29, 1.82) is 0 Å². The number of benzene rings is 1. The van der Waals surface area contributed by atoms with E-state index in [1.54, 1.807) is 4.90 Å². The van der Waals surface area contributed by atoms with Crippen LogP contribution < -0.4 is 5.32 Å². The van der Waals surface area contributed by atoms with Crippen molar-refractivity contribution in [3.8, 4) is 11.5 Å². The Kier molecular flexibility index (Phi) is 4.56. The van der Waals surface area contributed by atoms with Gasteiger partial charge in [0.2, 0.25) is 0 Å². The lowest BCUT2D eigenvalue weighted by Gasteiger charge is -2.23. The average molecular weight is 384 g/mol. The van der Waals surface area contributed by atoms with Gasteiger partial charge in [-0.1, -0.05) is 24.6 Å². The predicted molar refractivity (Wildman–Crippen MR) is 102 cm³/mol. The van der Waals surface area contributed by atoms with E-state index in [1.807, 2.05) is 32.0 Å². The molecule has 0 radical (unpaired) electrons. The maximum absolute atomic E-state index is 12.8. The van der Waals surface area contributed by atoms with Crippen LogP contribution in [0.15, 0.2) is 22.7 Å². The van der Waals surface area contributed by atoms with Gasteiger partial charge in [-0.15, -0.1) is 0 Å². The second-order valence-corrected chi connectivity index (χ2v) is 7.76. The number of aryl methyl sites for hydroxylation is 2. The summed E-state index contributed by atoms with van der Waals surface area (Å²) in [5, 5.41) is 16.5. The molecule has 1 aliphatic carbocycles. The van der Waals surface area contributed by atoms with Gasteiger partial charge in [0.25, 0.3) is 5.89 Å². The Morgan fingerprint density at radius 1 is 1.43 bits per heavy atom. The number of carboxylic acids is 1. The number of carbonyl (C=O) groups excluding carboxylic acids is 1. The number of rotatable bonds is 4. The summed E-state index contributed by atoms with van der Waals surface area (Å²) in [6, 6.07) is 5.30.